The molecule has 0 radical (unpaired) electrons. The summed E-state index contributed by atoms with van der Waals surface area (Å²) in [5.41, 5.74) is 0. The molecule has 18 heavy (non-hydrogen) atoms. The van der Waals surface area contributed by atoms with Crippen molar-refractivity contribution in [2.75, 3.05) is 13.2 Å². The van der Waals surface area contributed by atoms with Gasteiger partial charge in [-0.2, -0.15) is 0 Å². The van der Waals surface area contributed by atoms with Crippen molar-refractivity contribution in [2.45, 2.75) is 58.8 Å². The summed E-state index contributed by atoms with van der Waals surface area (Å²) < 4.78 is 5.44. The van der Waals surface area contributed by atoms with Gasteiger partial charge < -0.3 is 9.64 Å². The molecular weight excluding hydrogens is 228 g/mol. The maximum atomic E-state index is 12.6. The van der Waals surface area contributed by atoms with E-state index >= 15 is 0 Å². The number of carbonyl (C=O) groups excluding carboxylic acids is 1. The minimum absolute atomic E-state index is 0.00185. The summed E-state index contributed by atoms with van der Waals surface area (Å²) in [5.74, 6) is 1.25. The zero-order chi connectivity index (χ0) is 13.3. The van der Waals surface area contributed by atoms with Gasteiger partial charge in [-0.25, -0.2) is 0 Å². The summed E-state index contributed by atoms with van der Waals surface area (Å²) in [6.07, 6.45) is 2.07. The molecule has 0 aromatic carbocycles. The van der Waals surface area contributed by atoms with Crippen LogP contribution in [0.3, 0.4) is 0 Å². The molecule has 1 N–H and O–H groups in total. The van der Waals surface area contributed by atoms with Gasteiger partial charge in [-0.1, -0.05) is 27.7 Å². The Morgan fingerprint density at radius 3 is 2.61 bits per heavy atom. The third kappa shape index (κ3) is 2.69. The fourth-order valence-electron chi connectivity index (χ4n) is 2.98. The first-order valence-corrected chi connectivity index (χ1v) is 7.16. The van der Waals surface area contributed by atoms with Crippen LogP contribution in [0, 0.1) is 11.8 Å². The fourth-order valence-corrected chi connectivity index (χ4v) is 2.98. The predicted molar refractivity (Wildman–Crippen MR) is 71.1 cm³/mol. The third-order valence-corrected chi connectivity index (χ3v) is 3.86. The maximum absolute atomic E-state index is 12.6. The SMILES string of the molecule is CC(C)CC1NC(C(C)C)N(C2CCOC2)C1=O. The predicted octanol–water partition coefficient (Wildman–Crippen LogP) is 1.60. The third-order valence-electron chi connectivity index (χ3n) is 3.86. The average Bonchev–Trinajstić information content (AvgIpc) is 2.87. The number of nitrogens with one attached hydrogen (secondary N) is 1. The largest absolute Gasteiger partial charge is 0.379 e. The van der Waals surface area contributed by atoms with E-state index in [0.717, 1.165) is 19.4 Å². The number of rotatable bonds is 4. The number of carbonyl (C=O) groups is 1. The van der Waals surface area contributed by atoms with Gasteiger partial charge in [0.1, 0.15) is 0 Å². The van der Waals surface area contributed by atoms with Crippen LogP contribution in [-0.2, 0) is 9.53 Å². The Morgan fingerprint density at radius 2 is 2.11 bits per heavy atom. The lowest BCUT2D eigenvalue weighted by Gasteiger charge is -2.31. The van der Waals surface area contributed by atoms with E-state index in [2.05, 4.69) is 37.9 Å². The van der Waals surface area contributed by atoms with Crippen molar-refractivity contribution in [3.63, 3.8) is 0 Å². The van der Waals surface area contributed by atoms with Crippen molar-refractivity contribution in [3.05, 3.63) is 0 Å². The van der Waals surface area contributed by atoms with Crippen molar-refractivity contribution in [1.82, 2.24) is 10.2 Å². The average molecular weight is 254 g/mol. The molecule has 1 amide bonds. The molecule has 2 aliphatic rings. The lowest BCUT2D eigenvalue weighted by Crippen LogP contribution is -2.47. The molecule has 3 atom stereocenters. The van der Waals surface area contributed by atoms with Crippen molar-refractivity contribution >= 4 is 5.91 Å². The molecule has 2 aliphatic heterocycles. The molecule has 2 fully saturated rings. The highest BCUT2D eigenvalue weighted by Crippen LogP contribution is 2.26. The monoisotopic (exact) mass is 254 g/mol. The van der Waals surface area contributed by atoms with Crippen molar-refractivity contribution in [3.8, 4) is 0 Å². The Bertz CT molecular complexity index is 298. The second kappa shape index (κ2) is 5.57. The van der Waals surface area contributed by atoms with E-state index in [1.54, 1.807) is 0 Å². The lowest BCUT2D eigenvalue weighted by atomic mass is 10.0. The van der Waals surface area contributed by atoms with E-state index in [0.29, 0.717) is 18.4 Å². The molecule has 0 spiro atoms. The second-order valence-electron chi connectivity index (χ2n) is 6.30. The molecule has 2 rings (SSSR count). The molecular formula is C14H26N2O2. The maximum Gasteiger partial charge on any atom is 0.241 e. The van der Waals surface area contributed by atoms with Gasteiger partial charge in [-0.05, 0) is 24.7 Å². The van der Waals surface area contributed by atoms with Crippen LogP contribution < -0.4 is 5.32 Å². The Kier molecular flexibility index (Phi) is 4.28. The van der Waals surface area contributed by atoms with Gasteiger partial charge in [0.15, 0.2) is 0 Å². The van der Waals surface area contributed by atoms with Gasteiger partial charge in [0, 0.05) is 6.61 Å². The zero-order valence-electron chi connectivity index (χ0n) is 12.0. The van der Waals surface area contributed by atoms with E-state index in [1.165, 1.54) is 0 Å². The number of amides is 1. The van der Waals surface area contributed by atoms with Gasteiger partial charge in [0.25, 0.3) is 0 Å². The highest BCUT2D eigenvalue weighted by atomic mass is 16.5. The van der Waals surface area contributed by atoms with E-state index in [-0.39, 0.29) is 24.2 Å². The van der Waals surface area contributed by atoms with Gasteiger partial charge in [0.05, 0.1) is 24.9 Å². The molecule has 2 saturated heterocycles. The summed E-state index contributed by atoms with van der Waals surface area (Å²) >= 11 is 0. The minimum Gasteiger partial charge on any atom is -0.379 e. The van der Waals surface area contributed by atoms with Gasteiger partial charge in [0.2, 0.25) is 5.91 Å². The first kappa shape index (κ1) is 13.8. The van der Waals surface area contributed by atoms with E-state index in [1.807, 2.05) is 0 Å². The van der Waals surface area contributed by atoms with Crippen LogP contribution in [0.5, 0.6) is 0 Å². The van der Waals surface area contributed by atoms with Gasteiger partial charge >= 0.3 is 0 Å². The zero-order valence-corrected chi connectivity index (χ0v) is 12.0. The molecule has 0 aliphatic carbocycles. The van der Waals surface area contributed by atoms with E-state index in [4.69, 9.17) is 4.74 Å². The minimum atomic E-state index is -0.00185. The van der Waals surface area contributed by atoms with Crippen LogP contribution in [0.4, 0.5) is 0 Å². The van der Waals surface area contributed by atoms with Crippen LogP contribution >= 0.6 is 0 Å². The van der Waals surface area contributed by atoms with Gasteiger partial charge in [-0.15, -0.1) is 0 Å². The summed E-state index contributed by atoms with van der Waals surface area (Å²) in [6, 6.07) is 0.271. The summed E-state index contributed by atoms with van der Waals surface area (Å²) in [7, 11) is 0. The molecule has 2 heterocycles. The Balaban J connectivity index is 2.11. The van der Waals surface area contributed by atoms with Crippen molar-refractivity contribution in [2.24, 2.45) is 11.8 Å². The standard InChI is InChI=1S/C14H26N2O2/c1-9(2)7-12-14(17)16(11-5-6-18-8-11)13(15-12)10(3)4/h9-13,15H,5-8H2,1-4H3. The molecule has 0 saturated carbocycles. The number of hydrogen-bond donors (Lipinski definition) is 1. The van der Waals surface area contributed by atoms with E-state index in [9.17, 15) is 4.79 Å². The van der Waals surface area contributed by atoms with Crippen LogP contribution in [0.15, 0.2) is 0 Å². The quantitative estimate of drug-likeness (QED) is 0.828. The molecule has 0 aromatic heterocycles. The highest BCUT2D eigenvalue weighted by Gasteiger charge is 2.44. The summed E-state index contributed by atoms with van der Waals surface area (Å²) in [4.78, 5) is 14.6. The van der Waals surface area contributed by atoms with Crippen LogP contribution in [0.25, 0.3) is 0 Å². The fraction of sp³-hybridized carbons (Fsp3) is 0.929. The topological polar surface area (TPSA) is 41.6 Å². The first-order chi connectivity index (χ1) is 8.50. The van der Waals surface area contributed by atoms with Gasteiger partial charge in [-0.3, -0.25) is 10.1 Å². The smallest absolute Gasteiger partial charge is 0.241 e. The highest BCUT2D eigenvalue weighted by molar-refractivity contribution is 5.84. The number of hydrogen-bond acceptors (Lipinski definition) is 3. The summed E-state index contributed by atoms with van der Waals surface area (Å²) in [5, 5.41) is 3.52. The first-order valence-electron chi connectivity index (χ1n) is 7.16. The van der Waals surface area contributed by atoms with Crippen molar-refractivity contribution < 1.29 is 9.53 Å². The molecule has 0 bridgehead atoms. The van der Waals surface area contributed by atoms with E-state index < -0.39 is 0 Å². The number of nitrogens with zero attached hydrogens (tertiary/aromatic N) is 1. The van der Waals surface area contributed by atoms with Crippen LogP contribution in [0.1, 0.15) is 40.5 Å². The normalized spacial score (nSPS) is 33.1. The molecule has 3 unspecified atom stereocenters. The molecule has 104 valence electrons. The Morgan fingerprint density at radius 1 is 1.39 bits per heavy atom. The molecule has 0 aromatic rings. The van der Waals surface area contributed by atoms with Crippen LogP contribution in [0.2, 0.25) is 0 Å². The Labute approximate surface area is 110 Å². The van der Waals surface area contributed by atoms with Crippen molar-refractivity contribution in [1.29, 1.82) is 0 Å². The second-order valence-corrected chi connectivity index (χ2v) is 6.30. The molecule has 4 heteroatoms. The number of ether oxygens (including phenoxy) is 1. The molecule has 4 nitrogen and oxygen atoms in total. The Hall–Kier alpha value is -0.610. The summed E-state index contributed by atoms with van der Waals surface area (Å²) in [6.45, 7) is 10.2. The lowest BCUT2D eigenvalue weighted by molar-refractivity contribution is -0.133. The van der Waals surface area contributed by atoms with Crippen LogP contribution in [-0.4, -0.2) is 42.3 Å².